The fourth-order valence-corrected chi connectivity index (χ4v) is 4.86. The molecule has 0 spiro atoms. The zero-order valence-corrected chi connectivity index (χ0v) is 26.4. The molecule has 45 heavy (non-hydrogen) atoms. The summed E-state index contributed by atoms with van der Waals surface area (Å²) in [6.07, 6.45) is 0.316. The number of nitrogens with one attached hydrogen (secondary N) is 3. The van der Waals surface area contributed by atoms with E-state index in [1.54, 1.807) is 50.2 Å². The highest BCUT2D eigenvalue weighted by atomic mass is 79.9. The normalized spacial score (nSPS) is 15.0. The first-order chi connectivity index (χ1) is 21.7. The summed E-state index contributed by atoms with van der Waals surface area (Å²) in [6.45, 7) is 3.76. The van der Waals surface area contributed by atoms with Crippen LogP contribution in [0.2, 0.25) is 0 Å². The summed E-state index contributed by atoms with van der Waals surface area (Å²) in [7, 11) is 1.27. The van der Waals surface area contributed by atoms with E-state index in [0.29, 0.717) is 46.2 Å². The predicted octanol–water partition coefficient (Wildman–Crippen LogP) is 4.42. The summed E-state index contributed by atoms with van der Waals surface area (Å²) in [4.78, 5) is 24.6. The highest BCUT2D eigenvalue weighted by Crippen LogP contribution is 2.35. The third kappa shape index (κ3) is 8.53. The van der Waals surface area contributed by atoms with Crippen LogP contribution >= 0.6 is 15.9 Å². The average Bonchev–Trinajstić information content (AvgIpc) is 3.03. The second-order valence-electron chi connectivity index (χ2n) is 9.65. The van der Waals surface area contributed by atoms with Crippen molar-refractivity contribution in [2.45, 2.75) is 32.7 Å². The molecule has 1 heterocycles. The van der Waals surface area contributed by atoms with Crippen LogP contribution in [0.5, 0.6) is 17.2 Å². The van der Waals surface area contributed by atoms with Crippen LogP contribution in [0, 0.1) is 11.3 Å². The number of halogens is 1. The van der Waals surface area contributed by atoms with Gasteiger partial charge in [0.1, 0.15) is 19.0 Å². The highest BCUT2D eigenvalue weighted by molar-refractivity contribution is 9.10. The van der Waals surface area contributed by atoms with E-state index < -0.39 is 24.3 Å². The summed E-state index contributed by atoms with van der Waals surface area (Å²) < 4.78 is 23.3. The fraction of sp³-hybridized carbons (Fsp3) is 0.250. The lowest BCUT2D eigenvalue weighted by Gasteiger charge is -2.28. The zero-order chi connectivity index (χ0) is 32.3. The van der Waals surface area contributed by atoms with Crippen LogP contribution in [0.1, 0.15) is 42.1 Å². The first-order valence-electron chi connectivity index (χ1n) is 13.9. The molecule has 0 aromatic heterocycles. The number of amides is 2. The maximum absolute atomic E-state index is 12.5. The number of hydrazone groups is 1. The number of carbonyl (C=O) groups is 2. The van der Waals surface area contributed by atoms with Gasteiger partial charge in [0.05, 0.1) is 43.2 Å². The molecule has 3 aromatic rings. The molecule has 13 heteroatoms. The Hall–Kier alpha value is -5.06. The van der Waals surface area contributed by atoms with E-state index in [2.05, 4.69) is 43.2 Å². The summed E-state index contributed by atoms with van der Waals surface area (Å²) in [6, 6.07) is 18.5. The lowest BCUT2D eigenvalue weighted by molar-refractivity contribution is -0.136. The summed E-state index contributed by atoms with van der Waals surface area (Å²) >= 11 is 3.45. The molecule has 4 rings (SSSR count). The Labute approximate surface area is 268 Å². The smallest absolute Gasteiger partial charge is 0.337 e. The zero-order valence-electron chi connectivity index (χ0n) is 24.8. The number of nitriles is 1. The molecule has 0 fully saturated rings. The minimum absolute atomic E-state index is 0.181. The third-order valence-electron chi connectivity index (χ3n) is 6.59. The number of benzene rings is 3. The summed E-state index contributed by atoms with van der Waals surface area (Å²) in [5.41, 5.74) is 5.77. The first kappa shape index (κ1) is 32.8. The second-order valence-corrected chi connectivity index (χ2v) is 10.6. The standard InChI is InChI=1S/C32H32BrN5O7/c1-4-43-27-14-20(30-29(31(40)42-3)19(2)36-32(41)37-30)9-11-26(27)45-18-28(39)38-35-16-23-13-24(33)10-12-25(23)44-17-22-8-6-5-7-21(22)15-34/h5-14,16,28,30,38-39H,4,17-18H2,1-3H3,(H2,36,37,41)/b35-16+/t28-,30-/m1/s1. The Morgan fingerprint density at radius 1 is 1.13 bits per heavy atom. The van der Waals surface area contributed by atoms with E-state index in [1.807, 2.05) is 24.3 Å². The number of urea groups is 1. The van der Waals surface area contributed by atoms with Gasteiger partial charge in [-0.1, -0.05) is 40.2 Å². The molecule has 0 bridgehead atoms. The molecule has 1 aliphatic heterocycles. The van der Waals surface area contributed by atoms with Crippen LogP contribution < -0.4 is 30.3 Å². The fourth-order valence-electron chi connectivity index (χ4n) is 4.48. The first-order valence-corrected chi connectivity index (χ1v) is 14.7. The third-order valence-corrected chi connectivity index (χ3v) is 7.09. The molecule has 2 atom stereocenters. The number of hydrogen-bond donors (Lipinski definition) is 4. The number of nitrogens with zero attached hydrogens (tertiary/aromatic N) is 2. The maximum Gasteiger partial charge on any atom is 0.337 e. The Bertz CT molecular complexity index is 1650. The molecule has 0 saturated heterocycles. The highest BCUT2D eigenvalue weighted by Gasteiger charge is 2.32. The number of aliphatic hydroxyl groups is 1. The molecule has 2 amide bonds. The Balaban J connectivity index is 1.41. The Morgan fingerprint density at radius 3 is 2.67 bits per heavy atom. The van der Waals surface area contributed by atoms with Gasteiger partial charge in [-0.3, -0.25) is 5.43 Å². The molecule has 12 nitrogen and oxygen atoms in total. The van der Waals surface area contributed by atoms with Crippen molar-refractivity contribution >= 4 is 34.1 Å². The van der Waals surface area contributed by atoms with E-state index in [-0.39, 0.29) is 18.8 Å². The van der Waals surface area contributed by atoms with E-state index in [0.717, 1.165) is 10.0 Å². The van der Waals surface area contributed by atoms with Gasteiger partial charge in [0, 0.05) is 21.3 Å². The van der Waals surface area contributed by atoms with Crippen LogP contribution in [0.4, 0.5) is 4.79 Å². The van der Waals surface area contributed by atoms with Crippen molar-refractivity contribution in [2.75, 3.05) is 20.3 Å². The molecule has 0 aliphatic carbocycles. The minimum Gasteiger partial charge on any atom is -0.490 e. The molecule has 3 aromatic carbocycles. The van der Waals surface area contributed by atoms with Gasteiger partial charge in [-0.25, -0.2) is 9.59 Å². The molecule has 0 unspecified atom stereocenters. The van der Waals surface area contributed by atoms with Crippen molar-refractivity contribution in [1.82, 2.24) is 16.1 Å². The molecule has 4 N–H and O–H groups in total. The van der Waals surface area contributed by atoms with E-state index in [4.69, 9.17) is 18.9 Å². The largest absolute Gasteiger partial charge is 0.490 e. The Kier molecular flexibility index (Phi) is 11.4. The second kappa shape index (κ2) is 15.6. The Morgan fingerprint density at radius 2 is 1.91 bits per heavy atom. The van der Waals surface area contributed by atoms with Crippen molar-refractivity contribution in [3.63, 3.8) is 0 Å². The lowest BCUT2D eigenvalue weighted by atomic mass is 9.95. The van der Waals surface area contributed by atoms with Crippen LogP contribution in [0.3, 0.4) is 0 Å². The molecular formula is C32H32BrN5O7. The van der Waals surface area contributed by atoms with Crippen molar-refractivity contribution < 1.29 is 33.6 Å². The van der Waals surface area contributed by atoms with Gasteiger partial charge in [-0.2, -0.15) is 10.4 Å². The summed E-state index contributed by atoms with van der Waals surface area (Å²) in [5, 5.41) is 29.3. The quantitative estimate of drug-likeness (QED) is 0.0887. The number of ether oxygens (including phenoxy) is 4. The number of esters is 1. The van der Waals surface area contributed by atoms with Gasteiger partial charge in [0.2, 0.25) is 0 Å². The number of carbonyl (C=O) groups excluding carboxylic acids is 2. The lowest BCUT2D eigenvalue weighted by Crippen LogP contribution is -2.45. The number of aliphatic hydroxyl groups excluding tert-OH is 1. The predicted molar refractivity (Wildman–Crippen MR) is 169 cm³/mol. The number of hydrogen-bond acceptors (Lipinski definition) is 10. The van der Waals surface area contributed by atoms with Gasteiger partial charge < -0.3 is 34.7 Å². The minimum atomic E-state index is -1.19. The van der Waals surface area contributed by atoms with E-state index in [9.17, 15) is 20.0 Å². The van der Waals surface area contributed by atoms with Gasteiger partial charge in [0.15, 0.2) is 17.7 Å². The van der Waals surface area contributed by atoms with E-state index in [1.165, 1.54) is 13.3 Å². The SMILES string of the molecule is CCOc1cc([C@H]2NC(=O)NC(C)=C2C(=O)OC)ccc1OC[C@@H](O)N/N=C/c1cc(Br)ccc1OCc1ccccc1C#N. The maximum atomic E-state index is 12.5. The van der Waals surface area contributed by atoms with E-state index >= 15 is 0 Å². The van der Waals surface area contributed by atoms with Crippen LogP contribution in [0.15, 0.2) is 81.5 Å². The molecular weight excluding hydrogens is 646 g/mol. The van der Waals surface area contributed by atoms with Gasteiger partial charge in [0.25, 0.3) is 0 Å². The van der Waals surface area contributed by atoms with Crippen LogP contribution in [0.25, 0.3) is 0 Å². The average molecular weight is 679 g/mol. The van der Waals surface area contributed by atoms with Crippen LogP contribution in [-0.4, -0.2) is 49.9 Å². The number of methoxy groups -OCH3 is 1. The summed E-state index contributed by atoms with van der Waals surface area (Å²) in [5.74, 6) is 0.651. The molecule has 0 radical (unpaired) electrons. The van der Waals surface area contributed by atoms with Gasteiger partial charge in [-0.15, -0.1) is 0 Å². The van der Waals surface area contributed by atoms with Crippen molar-refractivity contribution in [3.05, 3.63) is 98.7 Å². The van der Waals surface area contributed by atoms with Gasteiger partial charge >= 0.3 is 12.0 Å². The van der Waals surface area contributed by atoms with Crippen LogP contribution in [-0.2, 0) is 16.1 Å². The topological polar surface area (TPSA) is 164 Å². The molecule has 1 aliphatic rings. The number of rotatable bonds is 13. The molecule has 234 valence electrons. The van der Waals surface area contributed by atoms with Crippen molar-refractivity contribution in [3.8, 4) is 23.3 Å². The van der Waals surface area contributed by atoms with Gasteiger partial charge in [-0.05, 0) is 55.8 Å². The number of allylic oxidation sites excluding steroid dienone is 1. The monoisotopic (exact) mass is 677 g/mol. The van der Waals surface area contributed by atoms with Crippen molar-refractivity contribution in [1.29, 1.82) is 5.26 Å². The van der Waals surface area contributed by atoms with Crippen molar-refractivity contribution in [2.24, 2.45) is 5.10 Å². The molecule has 0 saturated carbocycles.